The second-order valence-electron chi connectivity index (χ2n) is 4.20. The molecular formula is C13H19N3O4. The lowest BCUT2D eigenvalue weighted by Gasteiger charge is -2.27. The molecule has 1 fully saturated rings. The van der Waals surface area contributed by atoms with Gasteiger partial charge >= 0.3 is 0 Å². The van der Waals surface area contributed by atoms with Gasteiger partial charge in [0.25, 0.3) is 11.6 Å². The van der Waals surface area contributed by atoms with Crippen LogP contribution in [0.15, 0.2) is 35.7 Å². The fraction of sp³-hybridized carbons (Fsp3) is 0.462. The summed E-state index contributed by atoms with van der Waals surface area (Å²) in [6.45, 7) is 6.98. The Morgan fingerprint density at radius 2 is 2.05 bits per heavy atom. The maximum absolute atomic E-state index is 12.3. The van der Waals surface area contributed by atoms with Gasteiger partial charge in [0.1, 0.15) is 5.70 Å². The first-order valence-electron chi connectivity index (χ1n) is 6.26. The fourth-order valence-corrected chi connectivity index (χ4v) is 1.97. The third-order valence-corrected chi connectivity index (χ3v) is 2.97. The molecule has 0 bridgehead atoms. The number of likely N-dealkylation sites (N-methyl/N-ethyl adjacent to an activating group) is 1. The first-order chi connectivity index (χ1) is 9.52. The molecule has 1 N–H and O–H groups in total. The van der Waals surface area contributed by atoms with E-state index in [0.717, 1.165) is 0 Å². The number of carbonyl (C=O) groups excluding carboxylic acids is 1. The Bertz CT molecular complexity index is 462. The molecule has 7 heteroatoms. The van der Waals surface area contributed by atoms with Crippen molar-refractivity contribution in [3.63, 3.8) is 0 Å². The predicted molar refractivity (Wildman–Crippen MR) is 74.4 cm³/mol. The quantitative estimate of drug-likeness (QED) is 0.347. The van der Waals surface area contributed by atoms with E-state index in [0.29, 0.717) is 31.9 Å². The molecule has 0 aliphatic carbocycles. The van der Waals surface area contributed by atoms with Crippen LogP contribution in [0.5, 0.6) is 0 Å². The number of hydrogen-bond acceptors (Lipinski definition) is 5. The lowest BCUT2D eigenvalue weighted by atomic mass is 10.1. The van der Waals surface area contributed by atoms with Crippen molar-refractivity contribution in [2.45, 2.75) is 6.92 Å². The zero-order valence-corrected chi connectivity index (χ0v) is 11.7. The highest BCUT2D eigenvalue weighted by Crippen LogP contribution is 2.15. The van der Waals surface area contributed by atoms with Gasteiger partial charge in [-0.05, 0) is 6.92 Å². The lowest BCUT2D eigenvalue weighted by Crippen LogP contribution is -2.41. The zero-order valence-electron chi connectivity index (χ0n) is 11.7. The van der Waals surface area contributed by atoms with E-state index >= 15 is 0 Å². The van der Waals surface area contributed by atoms with E-state index in [1.165, 1.54) is 12.2 Å². The largest absolute Gasteiger partial charge is 0.382 e. The Morgan fingerprint density at radius 3 is 2.50 bits per heavy atom. The Labute approximate surface area is 117 Å². The summed E-state index contributed by atoms with van der Waals surface area (Å²) < 4.78 is 5.18. The van der Waals surface area contributed by atoms with Gasteiger partial charge in [-0.3, -0.25) is 14.9 Å². The van der Waals surface area contributed by atoms with Crippen LogP contribution in [-0.4, -0.2) is 49.1 Å². The van der Waals surface area contributed by atoms with Crippen molar-refractivity contribution in [2.75, 3.05) is 33.4 Å². The van der Waals surface area contributed by atoms with Crippen LogP contribution in [0.25, 0.3) is 0 Å². The summed E-state index contributed by atoms with van der Waals surface area (Å²) in [5.41, 5.74) is 0.326. The first-order valence-corrected chi connectivity index (χ1v) is 6.26. The van der Waals surface area contributed by atoms with Crippen LogP contribution >= 0.6 is 0 Å². The molecule has 1 amide bonds. The Morgan fingerprint density at radius 1 is 1.45 bits per heavy atom. The average molecular weight is 281 g/mol. The summed E-state index contributed by atoms with van der Waals surface area (Å²) >= 11 is 0. The average Bonchev–Trinajstić information content (AvgIpc) is 2.46. The van der Waals surface area contributed by atoms with Gasteiger partial charge in [0, 0.05) is 31.8 Å². The number of rotatable bonds is 5. The van der Waals surface area contributed by atoms with Crippen molar-refractivity contribution in [1.29, 1.82) is 0 Å². The molecule has 0 spiro atoms. The van der Waals surface area contributed by atoms with Crippen molar-refractivity contribution >= 4 is 5.91 Å². The third kappa shape index (κ3) is 3.67. The molecule has 0 saturated carbocycles. The van der Waals surface area contributed by atoms with Crippen LogP contribution in [0.1, 0.15) is 6.92 Å². The normalized spacial score (nSPS) is 17.3. The van der Waals surface area contributed by atoms with Gasteiger partial charge in [0.15, 0.2) is 0 Å². The number of nitrogens with one attached hydrogen (secondary N) is 1. The number of nitro groups is 1. The van der Waals surface area contributed by atoms with Crippen LogP contribution in [0.3, 0.4) is 0 Å². The highest BCUT2D eigenvalue weighted by Gasteiger charge is 2.25. The molecule has 7 nitrogen and oxygen atoms in total. The van der Waals surface area contributed by atoms with Crippen molar-refractivity contribution in [2.24, 2.45) is 0 Å². The SMILES string of the molecule is C=C/C=C(\C(NC)=C(/C)C(=O)N1CCOCC1)[N+](=O)[O-]. The molecule has 20 heavy (non-hydrogen) atoms. The van der Waals surface area contributed by atoms with Crippen molar-refractivity contribution in [1.82, 2.24) is 10.2 Å². The molecule has 0 aromatic heterocycles. The molecule has 0 atom stereocenters. The monoisotopic (exact) mass is 281 g/mol. The summed E-state index contributed by atoms with van der Waals surface area (Å²) in [6, 6.07) is 0. The number of nitrogens with zero attached hydrogens (tertiary/aromatic N) is 2. The van der Waals surface area contributed by atoms with Gasteiger partial charge in [-0.15, -0.1) is 0 Å². The highest BCUT2D eigenvalue weighted by molar-refractivity contribution is 5.94. The highest BCUT2D eigenvalue weighted by atomic mass is 16.6. The molecule has 0 unspecified atom stereocenters. The van der Waals surface area contributed by atoms with Crippen molar-refractivity contribution in [3.05, 3.63) is 45.8 Å². The molecule has 1 aliphatic heterocycles. The molecule has 1 aliphatic rings. The van der Waals surface area contributed by atoms with Gasteiger partial charge in [-0.2, -0.15) is 0 Å². The van der Waals surface area contributed by atoms with Gasteiger partial charge in [-0.25, -0.2) is 0 Å². The molecule has 110 valence electrons. The molecule has 1 heterocycles. The van der Waals surface area contributed by atoms with Crippen LogP contribution in [0.4, 0.5) is 0 Å². The predicted octanol–water partition coefficient (Wildman–Crippen LogP) is 0.685. The van der Waals surface area contributed by atoms with Crippen LogP contribution in [0, 0.1) is 10.1 Å². The van der Waals surface area contributed by atoms with Gasteiger partial charge in [0.2, 0.25) is 0 Å². The van der Waals surface area contributed by atoms with E-state index in [9.17, 15) is 14.9 Å². The standard InChI is InChI=1S/C13H19N3O4/c1-4-5-11(16(18)19)12(14-3)10(2)13(17)15-6-8-20-9-7-15/h4-5,14H,1,6-9H2,2-3H3/b11-5+,12-10-. The zero-order chi connectivity index (χ0) is 15.1. The van der Waals surface area contributed by atoms with Crippen molar-refractivity contribution < 1.29 is 14.5 Å². The van der Waals surface area contributed by atoms with E-state index in [-0.39, 0.29) is 17.3 Å². The summed E-state index contributed by atoms with van der Waals surface area (Å²) in [7, 11) is 1.55. The first kappa shape index (κ1) is 15.9. The number of amides is 1. The van der Waals surface area contributed by atoms with E-state index in [4.69, 9.17) is 4.74 Å². The van der Waals surface area contributed by atoms with Gasteiger partial charge in [0.05, 0.1) is 18.1 Å². The van der Waals surface area contributed by atoms with Crippen LogP contribution < -0.4 is 5.32 Å². The molecular weight excluding hydrogens is 262 g/mol. The van der Waals surface area contributed by atoms with Gasteiger partial charge in [-0.1, -0.05) is 12.7 Å². The summed E-state index contributed by atoms with van der Waals surface area (Å²) in [4.78, 5) is 24.5. The number of carbonyl (C=O) groups is 1. The minimum atomic E-state index is -0.538. The van der Waals surface area contributed by atoms with Crippen LogP contribution in [0.2, 0.25) is 0 Å². The molecule has 1 rings (SSSR count). The van der Waals surface area contributed by atoms with E-state index in [1.54, 1.807) is 18.9 Å². The fourth-order valence-electron chi connectivity index (χ4n) is 1.97. The Balaban J connectivity index is 3.09. The lowest BCUT2D eigenvalue weighted by molar-refractivity contribution is -0.421. The topological polar surface area (TPSA) is 84.7 Å². The van der Waals surface area contributed by atoms with Gasteiger partial charge < -0.3 is 15.0 Å². The van der Waals surface area contributed by atoms with E-state index in [1.807, 2.05) is 0 Å². The summed E-state index contributed by atoms with van der Waals surface area (Å²) in [5.74, 6) is -0.227. The molecule has 0 aromatic rings. The molecule has 0 aromatic carbocycles. The smallest absolute Gasteiger partial charge is 0.292 e. The Kier molecular flexibility index (Phi) is 5.92. The number of ether oxygens (including phenoxy) is 1. The molecule has 0 radical (unpaired) electrons. The maximum atomic E-state index is 12.3. The second-order valence-corrected chi connectivity index (χ2v) is 4.20. The number of hydrogen-bond donors (Lipinski definition) is 1. The second kappa shape index (κ2) is 7.44. The maximum Gasteiger partial charge on any atom is 0.292 e. The third-order valence-electron chi connectivity index (χ3n) is 2.97. The number of morpholine rings is 1. The minimum Gasteiger partial charge on any atom is -0.382 e. The molecule has 1 saturated heterocycles. The minimum absolute atomic E-state index is 0.179. The van der Waals surface area contributed by atoms with Crippen molar-refractivity contribution in [3.8, 4) is 0 Å². The van der Waals surface area contributed by atoms with E-state index in [2.05, 4.69) is 11.9 Å². The van der Waals surface area contributed by atoms with E-state index < -0.39 is 4.92 Å². The van der Waals surface area contributed by atoms with Crippen LogP contribution in [-0.2, 0) is 9.53 Å². The Hall–Kier alpha value is -2.15. The summed E-state index contributed by atoms with van der Waals surface area (Å²) in [5, 5.41) is 13.8. The summed E-state index contributed by atoms with van der Waals surface area (Å²) in [6.07, 6.45) is 2.59. The number of allylic oxidation sites excluding steroid dienone is 2.